The molecule has 1 aromatic carbocycles. The normalized spacial score (nSPS) is 10.4. The van der Waals surface area contributed by atoms with E-state index in [0.29, 0.717) is 18.7 Å². The second kappa shape index (κ2) is 7.47. The maximum Gasteiger partial charge on any atom is 0.340 e. The van der Waals surface area contributed by atoms with E-state index in [1.165, 1.54) is 0 Å². The summed E-state index contributed by atoms with van der Waals surface area (Å²) in [4.78, 5) is 16.1. The lowest BCUT2D eigenvalue weighted by molar-refractivity contribution is 0.0527. The number of nitrogens with one attached hydrogen (secondary N) is 1. The van der Waals surface area contributed by atoms with Crippen molar-refractivity contribution in [2.24, 2.45) is 0 Å². The van der Waals surface area contributed by atoms with Crippen LogP contribution in [-0.4, -0.2) is 22.1 Å². The van der Waals surface area contributed by atoms with Gasteiger partial charge in [0.2, 0.25) is 0 Å². The molecular formula is C16H21N3O2. The first kappa shape index (κ1) is 15.1. The Bertz CT molecular complexity index is 593. The second-order valence-electron chi connectivity index (χ2n) is 4.70. The zero-order valence-corrected chi connectivity index (χ0v) is 12.5. The van der Waals surface area contributed by atoms with E-state index in [1.54, 1.807) is 13.0 Å². The first-order chi connectivity index (χ1) is 10.3. The van der Waals surface area contributed by atoms with Gasteiger partial charge in [-0.25, -0.2) is 9.78 Å². The fraction of sp³-hybridized carbons (Fsp3) is 0.375. The van der Waals surface area contributed by atoms with Crippen LogP contribution in [0.4, 0.5) is 5.69 Å². The summed E-state index contributed by atoms with van der Waals surface area (Å²) in [5.74, 6) is -0.303. The minimum atomic E-state index is -0.303. The molecule has 5 nitrogen and oxygen atoms in total. The molecule has 5 heteroatoms. The number of nitrogens with zero attached hydrogens (tertiary/aromatic N) is 2. The van der Waals surface area contributed by atoms with Crippen molar-refractivity contribution in [2.45, 2.75) is 33.4 Å². The summed E-state index contributed by atoms with van der Waals surface area (Å²) in [5, 5.41) is 3.29. The standard InChI is InChI=1S/C16H21N3O2/c1-3-9-19-12-17-10-13(19)11-18-15-8-6-5-7-14(15)16(20)21-4-2/h5-8,10,12,18H,3-4,9,11H2,1-2H3. The van der Waals surface area contributed by atoms with Gasteiger partial charge < -0.3 is 14.6 Å². The Morgan fingerprint density at radius 3 is 2.90 bits per heavy atom. The van der Waals surface area contributed by atoms with Crippen LogP contribution in [0.2, 0.25) is 0 Å². The second-order valence-corrected chi connectivity index (χ2v) is 4.70. The molecule has 0 unspecified atom stereocenters. The highest BCUT2D eigenvalue weighted by Gasteiger charge is 2.12. The highest BCUT2D eigenvalue weighted by Crippen LogP contribution is 2.17. The van der Waals surface area contributed by atoms with Crippen LogP contribution in [-0.2, 0) is 17.8 Å². The molecule has 2 aromatic rings. The number of hydrogen-bond donors (Lipinski definition) is 1. The molecule has 0 saturated carbocycles. The summed E-state index contributed by atoms with van der Waals surface area (Å²) in [6.07, 6.45) is 4.73. The van der Waals surface area contributed by atoms with Crippen molar-refractivity contribution >= 4 is 11.7 Å². The fourth-order valence-electron chi connectivity index (χ4n) is 2.15. The predicted molar refractivity (Wildman–Crippen MR) is 82.2 cm³/mol. The smallest absolute Gasteiger partial charge is 0.340 e. The van der Waals surface area contributed by atoms with E-state index in [1.807, 2.05) is 30.7 Å². The van der Waals surface area contributed by atoms with Crippen molar-refractivity contribution in [3.05, 3.63) is 48.0 Å². The molecule has 1 N–H and O–H groups in total. The van der Waals surface area contributed by atoms with Gasteiger partial charge in [-0.15, -0.1) is 0 Å². The number of para-hydroxylation sites is 1. The van der Waals surface area contributed by atoms with Crippen molar-refractivity contribution in [2.75, 3.05) is 11.9 Å². The van der Waals surface area contributed by atoms with Gasteiger partial charge in [0, 0.05) is 18.4 Å². The molecule has 0 atom stereocenters. The minimum absolute atomic E-state index is 0.303. The Morgan fingerprint density at radius 1 is 1.33 bits per heavy atom. The molecule has 0 fully saturated rings. The van der Waals surface area contributed by atoms with Gasteiger partial charge in [-0.3, -0.25) is 0 Å². The molecule has 0 bridgehead atoms. The topological polar surface area (TPSA) is 56.2 Å². The van der Waals surface area contributed by atoms with Gasteiger partial charge in [-0.05, 0) is 25.5 Å². The van der Waals surface area contributed by atoms with Crippen LogP contribution >= 0.6 is 0 Å². The maximum absolute atomic E-state index is 11.9. The zero-order chi connectivity index (χ0) is 15.1. The number of aromatic nitrogens is 2. The monoisotopic (exact) mass is 287 g/mol. The van der Waals surface area contributed by atoms with Gasteiger partial charge in [0.25, 0.3) is 0 Å². The number of imidazole rings is 1. The molecule has 1 heterocycles. The van der Waals surface area contributed by atoms with E-state index in [-0.39, 0.29) is 5.97 Å². The molecule has 0 amide bonds. The summed E-state index contributed by atoms with van der Waals surface area (Å²) < 4.78 is 7.18. The van der Waals surface area contributed by atoms with Crippen LogP contribution in [0.25, 0.3) is 0 Å². The highest BCUT2D eigenvalue weighted by molar-refractivity contribution is 5.95. The number of carbonyl (C=O) groups excluding carboxylic acids is 1. The van der Waals surface area contributed by atoms with Crippen LogP contribution in [0.3, 0.4) is 0 Å². The molecule has 0 radical (unpaired) electrons. The molecule has 0 aliphatic heterocycles. The summed E-state index contributed by atoms with van der Waals surface area (Å²) in [6, 6.07) is 7.38. The number of rotatable bonds is 7. The molecule has 112 valence electrons. The van der Waals surface area contributed by atoms with Crippen LogP contribution in [0.1, 0.15) is 36.3 Å². The number of benzene rings is 1. The van der Waals surface area contributed by atoms with Crippen LogP contribution in [0.15, 0.2) is 36.8 Å². The maximum atomic E-state index is 11.9. The molecule has 0 saturated heterocycles. The van der Waals surface area contributed by atoms with Crippen molar-refractivity contribution in [3.8, 4) is 0 Å². The van der Waals surface area contributed by atoms with E-state index in [4.69, 9.17) is 4.74 Å². The number of anilines is 1. The van der Waals surface area contributed by atoms with Crippen molar-refractivity contribution in [3.63, 3.8) is 0 Å². The van der Waals surface area contributed by atoms with Crippen LogP contribution in [0, 0.1) is 0 Å². The van der Waals surface area contributed by atoms with E-state index in [9.17, 15) is 4.79 Å². The largest absolute Gasteiger partial charge is 0.462 e. The van der Waals surface area contributed by atoms with Crippen molar-refractivity contribution in [1.29, 1.82) is 0 Å². The van der Waals surface area contributed by atoms with Gasteiger partial charge in [0.05, 0.1) is 30.7 Å². The number of carbonyl (C=O) groups is 1. The minimum Gasteiger partial charge on any atom is -0.462 e. The van der Waals surface area contributed by atoms with Gasteiger partial charge in [0.15, 0.2) is 0 Å². The number of ether oxygens (including phenoxy) is 1. The number of esters is 1. The van der Waals surface area contributed by atoms with E-state index < -0.39 is 0 Å². The van der Waals surface area contributed by atoms with Gasteiger partial charge in [0.1, 0.15) is 0 Å². The first-order valence-electron chi connectivity index (χ1n) is 7.25. The molecule has 0 aliphatic rings. The van der Waals surface area contributed by atoms with Crippen LogP contribution < -0.4 is 5.32 Å². The average Bonchev–Trinajstić information content (AvgIpc) is 2.93. The Labute approximate surface area is 125 Å². The SMILES string of the molecule is CCCn1cncc1CNc1ccccc1C(=O)OCC. The quantitative estimate of drug-likeness (QED) is 0.795. The van der Waals surface area contributed by atoms with Gasteiger partial charge in [-0.2, -0.15) is 0 Å². The van der Waals surface area contributed by atoms with E-state index >= 15 is 0 Å². The van der Waals surface area contributed by atoms with Crippen molar-refractivity contribution in [1.82, 2.24) is 9.55 Å². The Kier molecular flexibility index (Phi) is 5.37. The highest BCUT2D eigenvalue weighted by atomic mass is 16.5. The average molecular weight is 287 g/mol. The Morgan fingerprint density at radius 2 is 2.14 bits per heavy atom. The lowest BCUT2D eigenvalue weighted by Crippen LogP contribution is -2.11. The summed E-state index contributed by atoms with van der Waals surface area (Å²) >= 11 is 0. The molecule has 0 aliphatic carbocycles. The lowest BCUT2D eigenvalue weighted by Gasteiger charge is -2.12. The molecular weight excluding hydrogens is 266 g/mol. The Hall–Kier alpha value is -2.30. The summed E-state index contributed by atoms with van der Waals surface area (Å²) in [5.41, 5.74) is 2.43. The first-order valence-corrected chi connectivity index (χ1v) is 7.25. The molecule has 0 spiro atoms. The third kappa shape index (κ3) is 3.84. The lowest BCUT2D eigenvalue weighted by atomic mass is 10.2. The third-order valence-electron chi connectivity index (χ3n) is 3.15. The number of hydrogen-bond acceptors (Lipinski definition) is 4. The van der Waals surface area contributed by atoms with E-state index in [0.717, 1.165) is 24.3 Å². The third-order valence-corrected chi connectivity index (χ3v) is 3.15. The van der Waals surface area contributed by atoms with Crippen LogP contribution in [0.5, 0.6) is 0 Å². The molecule has 1 aromatic heterocycles. The molecule has 21 heavy (non-hydrogen) atoms. The predicted octanol–water partition coefficient (Wildman–Crippen LogP) is 3.08. The number of aryl methyl sites for hydroxylation is 1. The summed E-state index contributed by atoms with van der Waals surface area (Å²) in [6.45, 7) is 5.87. The van der Waals surface area contributed by atoms with E-state index in [2.05, 4.69) is 21.8 Å². The molecule has 2 rings (SSSR count). The Balaban J connectivity index is 2.09. The fourth-order valence-corrected chi connectivity index (χ4v) is 2.15. The zero-order valence-electron chi connectivity index (χ0n) is 12.5. The van der Waals surface area contributed by atoms with Crippen molar-refractivity contribution < 1.29 is 9.53 Å². The van der Waals surface area contributed by atoms with Gasteiger partial charge >= 0.3 is 5.97 Å². The van der Waals surface area contributed by atoms with Gasteiger partial charge in [-0.1, -0.05) is 19.1 Å². The summed E-state index contributed by atoms with van der Waals surface area (Å²) in [7, 11) is 0.